The molecule has 0 saturated carbocycles. The Morgan fingerprint density at radius 3 is 2.66 bits per heavy atom. The maximum Gasteiger partial charge on any atom is 0.436 e. The normalized spacial score (nSPS) is 12.2. The van der Waals surface area contributed by atoms with E-state index in [0.717, 1.165) is 4.68 Å². The lowest BCUT2D eigenvalue weighted by molar-refractivity contribution is -0.141. The zero-order valence-corrected chi connectivity index (χ0v) is 16.8. The molecular formula is C16H12ClF3N6O2S. The summed E-state index contributed by atoms with van der Waals surface area (Å²) in [5, 5.41) is 7.99. The highest BCUT2D eigenvalue weighted by Crippen LogP contribution is 2.35. The van der Waals surface area contributed by atoms with E-state index in [1.165, 1.54) is 36.2 Å². The van der Waals surface area contributed by atoms with Crippen molar-refractivity contribution < 1.29 is 22.7 Å². The first-order valence-electron chi connectivity index (χ1n) is 8.13. The number of carbonyl (C=O) groups is 1. The maximum absolute atomic E-state index is 13.0. The summed E-state index contributed by atoms with van der Waals surface area (Å²) in [6, 6.07) is 0. The van der Waals surface area contributed by atoms with Crippen LogP contribution in [0, 0.1) is 13.8 Å². The van der Waals surface area contributed by atoms with Crippen LogP contribution in [0.5, 0.6) is 0 Å². The fourth-order valence-corrected chi connectivity index (χ4v) is 4.23. The van der Waals surface area contributed by atoms with Crippen molar-refractivity contribution >= 4 is 44.8 Å². The van der Waals surface area contributed by atoms with Gasteiger partial charge in [-0.2, -0.15) is 18.3 Å². The lowest BCUT2D eigenvalue weighted by Crippen LogP contribution is -2.10. The summed E-state index contributed by atoms with van der Waals surface area (Å²) in [5.74, 6) is -0.259. The summed E-state index contributed by atoms with van der Waals surface area (Å²) in [5.41, 5.74) is 0.0779. The molecule has 0 spiro atoms. The van der Waals surface area contributed by atoms with Crippen molar-refractivity contribution in [3.63, 3.8) is 0 Å². The molecule has 29 heavy (non-hydrogen) atoms. The molecule has 4 heterocycles. The van der Waals surface area contributed by atoms with E-state index < -0.39 is 22.9 Å². The monoisotopic (exact) mass is 444 g/mol. The lowest BCUT2D eigenvalue weighted by Gasteiger charge is -2.01. The van der Waals surface area contributed by atoms with Gasteiger partial charge in [0, 0.05) is 0 Å². The number of thiophene rings is 1. The van der Waals surface area contributed by atoms with Gasteiger partial charge in [0.1, 0.15) is 22.6 Å². The van der Waals surface area contributed by atoms with Crippen LogP contribution in [0.1, 0.15) is 32.4 Å². The number of esters is 1. The summed E-state index contributed by atoms with van der Waals surface area (Å²) < 4.78 is 46.4. The number of ether oxygens (including phenoxy) is 1. The second kappa shape index (κ2) is 6.66. The third kappa shape index (κ3) is 3.12. The third-order valence-electron chi connectivity index (χ3n) is 4.38. The average Bonchev–Trinajstić information content (AvgIpc) is 3.30. The van der Waals surface area contributed by atoms with Crippen molar-refractivity contribution in [2.45, 2.75) is 26.6 Å². The van der Waals surface area contributed by atoms with E-state index in [2.05, 4.69) is 20.2 Å². The standard InChI is InChI=1S/C16H12ClF3N6O2S/c1-6-9-13-22-8(4-25-7(2)10(17)12(24-25)16(18,19)20)23-26(13)5-21-14(9)29-11(6)15(27)28-3/h5H,4H2,1-3H3. The van der Waals surface area contributed by atoms with Crippen molar-refractivity contribution in [2.24, 2.45) is 0 Å². The molecule has 0 aliphatic heterocycles. The number of rotatable bonds is 3. The molecule has 0 aromatic carbocycles. The van der Waals surface area contributed by atoms with Crippen LogP contribution in [0.3, 0.4) is 0 Å². The number of hydrogen-bond donors (Lipinski definition) is 0. The second-order valence-corrected chi connectivity index (χ2v) is 7.55. The number of halogens is 4. The first-order valence-corrected chi connectivity index (χ1v) is 9.33. The molecule has 0 atom stereocenters. The minimum absolute atomic E-state index is 0.113. The second-order valence-electron chi connectivity index (χ2n) is 6.17. The minimum atomic E-state index is -4.66. The fraction of sp³-hybridized carbons (Fsp3) is 0.312. The van der Waals surface area contributed by atoms with Gasteiger partial charge in [-0.15, -0.1) is 16.4 Å². The van der Waals surface area contributed by atoms with Gasteiger partial charge in [0.05, 0.1) is 23.2 Å². The van der Waals surface area contributed by atoms with Gasteiger partial charge in [-0.05, 0) is 19.4 Å². The zero-order chi connectivity index (χ0) is 21.1. The highest BCUT2D eigenvalue weighted by atomic mass is 35.5. The molecule has 0 bridgehead atoms. The van der Waals surface area contributed by atoms with Gasteiger partial charge in [0.25, 0.3) is 0 Å². The van der Waals surface area contributed by atoms with E-state index >= 15 is 0 Å². The van der Waals surface area contributed by atoms with Crippen LogP contribution in [-0.2, 0) is 17.5 Å². The Morgan fingerprint density at radius 1 is 1.31 bits per heavy atom. The summed E-state index contributed by atoms with van der Waals surface area (Å²) in [6.45, 7) is 3.07. The number of hydrogen-bond acceptors (Lipinski definition) is 7. The van der Waals surface area contributed by atoms with Gasteiger partial charge >= 0.3 is 12.1 Å². The van der Waals surface area contributed by atoms with Gasteiger partial charge < -0.3 is 4.74 Å². The van der Waals surface area contributed by atoms with E-state index in [4.69, 9.17) is 16.3 Å². The first kappa shape index (κ1) is 19.6. The maximum atomic E-state index is 13.0. The van der Waals surface area contributed by atoms with Crippen LogP contribution >= 0.6 is 22.9 Å². The summed E-state index contributed by atoms with van der Waals surface area (Å²) in [6.07, 6.45) is -3.23. The Bertz CT molecular complexity index is 1280. The van der Waals surface area contributed by atoms with E-state index in [9.17, 15) is 18.0 Å². The zero-order valence-electron chi connectivity index (χ0n) is 15.2. The van der Waals surface area contributed by atoms with Crippen molar-refractivity contribution in [1.29, 1.82) is 0 Å². The number of fused-ring (bicyclic) bond motifs is 3. The van der Waals surface area contributed by atoms with Crippen molar-refractivity contribution in [1.82, 2.24) is 29.4 Å². The van der Waals surface area contributed by atoms with Crippen LogP contribution < -0.4 is 0 Å². The largest absolute Gasteiger partial charge is 0.465 e. The lowest BCUT2D eigenvalue weighted by atomic mass is 10.2. The fourth-order valence-electron chi connectivity index (χ4n) is 2.93. The number of aromatic nitrogens is 6. The van der Waals surface area contributed by atoms with Gasteiger partial charge in [-0.3, -0.25) is 4.68 Å². The number of carbonyl (C=O) groups excluding carboxylic acids is 1. The van der Waals surface area contributed by atoms with Gasteiger partial charge in [0.2, 0.25) is 0 Å². The Balaban J connectivity index is 1.80. The van der Waals surface area contributed by atoms with Crippen LogP contribution in [0.15, 0.2) is 6.33 Å². The smallest absolute Gasteiger partial charge is 0.436 e. The molecule has 4 aromatic rings. The molecule has 0 aliphatic carbocycles. The van der Waals surface area contributed by atoms with E-state index in [0.29, 0.717) is 26.3 Å². The molecule has 0 saturated heterocycles. The highest BCUT2D eigenvalue weighted by Gasteiger charge is 2.38. The molecule has 152 valence electrons. The van der Waals surface area contributed by atoms with Crippen molar-refractivity contribution in [3.8, 4) is 0 Å². The first-order chi connectivity index (χ1) is 13.6. The quantitative estimate of drug-likeness (QED) is 0.448. The molecule has 4 aromatic heterocycles. The molecule has 0 amide bonds. The molecule has 0 radical (unpaired) electrons. The van der Waals surface area contributed by atoms with Crippen molar-refractivity contribution in [2.75, 3.05) is 7.11 Å². The number of alkyl halides is 3. The van der Waals surface area contributed by atoms with E-state index in [1.54, 1.807) is 6.92 Å². The average molecular weight is 445 g/mol. The Kier molecular flexibility index (Phi) is 4.50. The van der Waals surface area contributed by atoms with Crippen LogP contribution in [-0.4, -0.2) is 42.4 Å². The van der Waals surface area contributed by atoms with E-state index in [-0.39, 0.29) is 18.1 Å². The Labute approximate surface area is 169 Å². The molecular weight excluding hydrogens is 433 g/mol. The molecule has 0 aliphatic rings. The Morgan fingerprint density at radius 2 is 2.03 bits per heavy atom. The topological polar surface area (TPSA) is 87.2 Å². The summed E-state index contributed by atoms with van der Waals surface area (Å²) in [7, 11) is 1.29. The Hall–Kier alpha value is -2.73. The summed E-state index contributed by atoms with van der Waals surface area (Å²) in [4.78, 5) is 21.6. The molecule has 0 N–H and O–H groups in total. The highest BCUT2D eigenvalue weighted by molar-refractivity contribution is 7.20. The van der Waals surface area contributed by atoms with Gasteiger partial charge in [-0.1, -0.05) is 11.6 Å². The number of methoxy groups -OCH3 is 1. The molecule has 4 rings (SSSR count). The van der Waals surface area contributed by atoms with E-state index in [1.807, 2.05) is 0 Å². The number of aryl methyl sites for hydroxylation is 1. The number of nitrogens with zero attached hydrogens (tertiary/aromatic N) is 6. The molecule has 13 heteroatoms. The van der Waals surface area contributed by atoms with Crippen LogP contribution in [0.2, 0.25) is 5.02 Å². The van der Waals surface area contributed by atoms with Crippen LogP contribution in [0.4, 0.5) is 13.2 Å². The van der Waals surface area contributed by atoms with Gasteiger partial charge in [0.15, 0.2) is 17.2 Å². The SMILES string of the molecule is COC(=O)c1sc2ncn3nc(Cn4nc(C(F)(F)F)c(Cl)c4C)nc3c2c1C. The molecule has 0 unspecified atom stereocenters. The molecule has 8 nitrogen and oxygen atoms in total. The van der Waals surface area contributed by atoms with Crippen LogP contribution in [0.25, 0.3) is 15.9 Å². The van der Waals surface area contributed by atoms with Crippen molar-refractivity contribution in [3.05, 3.63) is 39.0 Å². The predicted octanol–water partition coefficient (Wildman–Crippen LogP) is 3.66. The predicted molar refractivity (Wildman–Crippen MR) is 98.3 cm³/mol. The minimum Gasteiger partial charge on any atom is -0.465 e. The molecule has 0 fully saturated rings. The third-order valence-corrected chi connectivity index (χ3v) is 6.01. The summed E-state index contributed by atoms with van der Waals surface area (Å²) >= 11 is 6.96. The van der Waals surface area contributed by atoms with Gasteiger partial charge in [-0.25, -0.2) is 19.3 Å².